The molecule has 0 radical (unpaired) electrons. The van der Waals surface area contributed by atoms with Gasteiger partial charge in [-0.15, -0.1) is 0 Å². The van der Waals surface area contributed by atoms with Gasteiger partial charge in [-0.3, -0.25) is 4.55 Å². The monoisotopic (exact) mass is 544 g/mol. The standard InChI is InChI=1S/C26H16N4O4S.Zn/c31-35(32,33)34-24-9-1-16(2-10-24)25-14-23-13-21-6-5-19(28-21)11-17-3-4-18(27-17)12-20-7-8-22(29-20)15-26(25)30-23;/h1-15H,(H,31,32,33);. The first kappa shape index (κ1) is 23.9. The molecule has 0 fully saturated rings. The van der Waals surface area contributed by atoms with Crippen LogP contribution in [-0.4, -0.2) is 35.8 Å². The number of benzene rings is 1. The van der Waals surface area contributed by atoms with Crippen LogP contribution in [0.15, 0.2) is 134 Å². The fraction of sp³-hybridized carbons (Fsp3) is 0. The number of aliphatic imine (C=N–C) groups is 4. The van der Waals surface area contributed by atoms with Crippen molar-refractivity contribution in [3.05, 3.63) is 119 Å². The number of allylic oxidation sites excluding steroid dienone is 12. The Morgan fingerprint density at radius 2 is 1.11 bits per heavy atom. The summed E-state index contributed by atoms with van der Waals surface area (Å²) in [6.45, 7) is 0. The zero-order valence-corrected chi connectivity index (χ0v) is 22.5. The van der Waals surface area contributed by atoms with Crippen LogP contribution in [0.1, 0.15) is 5.56 Å². The van der Waals surface area contributed by atoms with Crippen molar-refractivity contribution in [3.8, 4) is 5.75 Å². The number of hydrogen-bond donors (Lipinski definition) is 1. The van der Waals surface area contributed by atoms with Crippen LogP contribution in [0.25, 0.3) is 5.57 Å². The van der Waals surface area contributed by atoms with E-state index in [1.807, 2.05) is 66.8 Å². The second-order valence-corrected chi connectivity index (χ2v) is 9.00. The molecule has 5 aliphatic heterocycles. The van der Waals surface area contributed by atoms with E-state index in [-0.39, 0.29) is 25.2 Å². The molecule has 0 atom stereocenters. The van der Waals surface area contributed by atoms with Crippen molar-refractivity contribution >= 4 is 38.8 Å². The average molecular weight is 546 g/mol. The van der Waals surface area contributed by atoms with Gasteiger partial charge in [0.05, 0.1) is 45.6 Å². The summed E-state index contributed by atoms with van der Waals surface area (Å²) in [5.41, 5.74) is 7.76. The molecule has 1 aromatic rings. The molecule has 6 rings (SSSR count). The molecule has 0 amide bonds. The SMILES string of the molecule is O=S(=O)(O)Oc1ccc(C2=CC3=NC2=CC2=NC(=CC4=NC(=CC5=NC(=C3)C=C5)C=C4)C=C2)cc1.[Zn]. The zero-order valence-electron chi connectivity index (χ0n) is 18.7. The van der Waals surface area contributed by atoms with Crippen LogP contribution in [0.2, 0.25) is 0 Å². The minimum Gasteiger partial charge on any atom is -0.362 e. The van der Waals surface area contributed by atoms with E-state index >= 15 is 0 Å². The first-order chi connectivity index (χ1) is 16.9. The molecule has 8 bridgehead atoms. The fourth-order valence-corrected chi connectivity index (χ4v) is 4.29. The molecule has 1 N–H and O–H groups in total. The van der Waals surface area contributed by atoms with Crippen molar-refractivity contribution in [2.24, 2.45) is 20.0 Å². The second-order valence-electron chi connectivity index (χ2n) is 7.98. The molecular weight excluding hydrogens is 530 g/mol. The van der Waals surface area contributed by atoms with E-state index in [9.17, 15) is 8.42 Å². The first-order valence-electron chi connectivity index (χ1n) is 10.6. The van der Waals surface area contributed by atoms with Gasteiger partial charge in [0.25, 0.3) is 0 Å². The van der Waals surface area contributed by atoms with E-state index in [0.717, 1.165) is 45.4 Å². The second kappa shape index (κ2) is 9.31. The van der Waals surface area contributed by atoms with E-state index in [0.29, 0.717) is 11.4 Å². The van der Waals surface area contributed by atoms with Crippen molar-refractivity contribution in [1.82, 2.24) is 0 Å². The number of nitrogens with zero attached hydrogens (tertiary/aromatic N) is 4. The maximum Gasteiger partial charge on any atom is 0.446 e. The zero-order chi connectivity index (χ0) is 24.0. The van der Waals surface area contributed by atoms with Gasteiger partial charge >= 0.3 is 10.4 Å². The number of fused-ring (bicyclic) bond motifs is 4. The van der Waals surface area contributed by atoms with Gasteiger partial charge in [-0.1, -0.05) is 12.1 Å². The van der Waals surface area contributed by atoms with Gasteiger partial charge in [0.15, 0.2) is 0 Å². The van der Waals surface area contributed by atoms with Crippen LogP contribution in [0.4, 0.5) is 0 Å². The van der Waals surface area contributed by atoms with Crippen molar-refractivity contribution in [3.63, 3.8) is 0 Å². The van der Waals surface area contributed by atoms with Crippen LogP contribution in [0.5, 0.6) is 5.75 Å². The van der Waals surface area contributed by atoms with Gasteiger partial charge in [-0.25, -0.2) is 20.0 Å². The summed E-state index contributed by atoms with van der Waals surface area (Å²) >= 11 is 0. The van der Waals surface area contributed by atoms with Crippen LogP contribution in [-0.2, 0) is 29.9 Å². The molecule has 1 aromatic carbocycles. The van der Waals surface area contributed by atoms with Gasteiger partial charge in [0.2, 0.25) is 0 Å². The Morgan fingerprint density at radius 3 is 1.64 bits per heavy atom. The van der Waals surface area contributed by atoms with Gasteiger partial charge in [0.1, 0.15) is 5.75 Å². The average Bonchev–Trinajstić information content (AvgIpc) is 3.58. The Balaban J connectivity index is 0.00000267. The summed E-state index contributed by atoms with van der Waals surface area (Å²) in [6, 6.07) is 6.33. The third-order valence-electron chi connectivity index (χ3n) is 5.41. The predicted octanol–water partition coefficient (Wildman–Crippen LogP) is 4.29. The van der Waals surface area contributed by atoms with Crippen LogP contribution in [0.3, 0.4) is 0 Å². The Kier molecular flexibility index (Phi) is 6.18. The smallest absolute Gasteiger partial charge is 0.362 e. The molecule has 0 saturated carbocycles. The van der Waals surface area contributed by atoms with Crippen molar-refractivity contribution in [2.45, 2.75) is 0 Å². The summed E-state index contributed by atoms with van der Waals surface area (Å²) in [4.78, 5) is 18.7. The maximum atomic E-state index is 11.0. The van der Waals surface area contributed by atoms with Crippen molar-refractivity contribution in [2.75, 3.05) is 0 Å². The van der Waals surface area contributed by atoms with Gasteiger partial charge in [-0.05, 0) is 84.5 Å². The summed E-state index contributed by atoms with van der Waals surface area (Å²) in [6.07, 6.45) is 21.1. The molecule has 0 aromatic heterocycles. The Bertz CT molecular complexity index is 1660. The van der Waals surface area contributed by atoms with Crippen LogP contribution >= 0.6 is 0 Å². The summed E-state index contributed by atoms with van der Waals surface area (Å²) in [5.74, 6) is 0.00498. The quantitative estimate of drug-likeness (QED) is 0.451. The topological polar surface area (TPSA) is 113 Å². The molecule has 0 aliphatic carbocycles. The molecule has 0 saturated heterocycles. The van der Waals surface area contributed by atoms with Crippen LogP contribution in [0, 0.1) is 0 Å². The van der Waals surface area contributed by atoms with Gasteiger partial charge < -0.3 is 4.18 Å². The fourth-order valence-electron chi connectivity index (χ4n) is 3.94. The molecular formula is C26H16N4O4SZn. The molecule has 0 unspecified atom stereocenters. The first-order valence-corrected chi connectivity index (χ1v) is 12.0. The summed E-state index contributed by atoms with van der Waals surface area (Å²) in [7, 11) is -4.59. The van der Waals surface area contributed by atoms with E-state index in [4.69, 9.17) is 9.55 Å². The molecule has 5 heterocycles. The number of rotatable bonds is 3. The Labute approximate surface area is 220 Å². The Hall–Kier alpha value is -3.85. The molecule has 5 aliphatic rings. The summed E-state index contributed by atoms with van der Waals surface area (Å²) < 4.78 is 35.4. The van der Waals surface area contributed by atoms with Crippen molar-refractivity contribution in [1.29, 1.82) is 0 Å². The molecule has 8 nitrogen and oxygen atoms in total. The number of hydrogen-bond acceptors (Lipinski definition) is 7. The minimum absolute atomic E-state index is 0. The minimum atomic E-state index is -4.59. The molecule has 10 heteroatoms. The maximum absolute atomic E-state index is 11.0. The predicted molar refractivity (Wildman–Crippen MR) is 136 cm³/mol. The van der Waals surface area contributed by atoms with Crippen LogP contribution < -0.4 is 4.18 Å². The van der Waals surface area contributed by atoms with E-state index in [1.165, 1.54) is 12.1 Å². The largest absolute Gasteiger partial charge is 0.446 e. The van der Waals surface area contributed by atoms with E-state index < -0.39 is 10.4 Å². The molecule has 36 heavy (non-hydrogen) atoms. The third-order valence-corrected chi connectivity index (χ3v) is 5.81. The normalized spacial score (nSPS) is 19.3. The third kappa shape index (κ3) is 5.21. The van der Waals surface area contributed by atoms with E-state index in [1.54, 1.807) is 12.1 Å². The molecule has 0 spiro atoms. The summed E-state index contributed by atoms with van der Waals surface area (Å²) in [5, 5.41) is 0. The molecule has 172 valence electrons. The van der Waals surface area contributed by atoms with Gasteiger partial charge in [-0.2, -0.15) is 8.42 Å². The van der Waals surface area contributed by atoms with Gasteiger partial charge in [0, 0.05) is 25.1 Å². The van der Waals surface area contributed by atoms with E-state index in [2.05, 4.69) is 19.2 Å². The Morgan fingerprint density at radius 1 is 0.611 bits per heavy atom. The van der Waals surface area contributed by atoms with Crippen molar-refractivity contribution < 1.29 is 36.6 Å².